The van der Waals surface area contributed by atoms with Crippen molar-refractivity contribution >= 4 is 21.6 Å². The summed E-state index contributed by atoms with van der Waals surface area (Å²) in [5.41, 5.74) is 1.12. The lowest BCUT2D eigenvalue weighted by Gasteiger charge is -2.11. The highest BCUT2D eigenvalue weighted by Gasteiger charge is 2.05. The van der Waals surface area contributed by atoms with Crippen LogP contribution in [0.2, 0.25) is 0 Å². The zero-order valence-electron chi connectivity index (χ0n) is 11.3. The lowest BCUT2D eigenvalue weighted by Crippen LogP contribution is -2.25. The second kappa shape index (κ2) is 6.86. The van der Waals surface area contributed by atoms with Gasteiger partial charge in [-0.3, -0.25) is 0 Å². The molecule has 0 aliphatic carbocycles. The molecule has 2 nitrogen and oxygen atoms in total. The summed E-state index contributed by atoms with van der Waals surface area (Å²) in [6.07, 6.45) is 5.22. The number of fused-ring (bicyclic) bond motifs is 1. The van der Waals surface area contributed by atoms with Crippen LogP contribution in [0.3, 0.4) is 0 Å². The minimum absolute atomic E-state index is 0.587. The van der Waals surface area contributed by atoms with Crippen molar-refractivity contribution in [3.63, 3.8) is 0 Å². The van der Waals surface area contributed by atoms with E-state index < -0.39 is 0 Å². The fraction of sp³-hybridized carbons (Fsp3) is 0.533. The molecular weight excluding hydrogens is 240 g/mol. The highest BCUT2D eigenvalue weighted by molar-refractivity contribution is 7.18. The van der Waals surface area contributed by atoms with Crippen LogP contribution < -0.4 is 5.32 Å². The number of nitrogens with zero attached hydrogens (tertiary/aromatic N) is 1. The van der Waals surface area contributed by atoms with Crippen molar-refractivity contribution in [2.24, 2.45) is 0 Å². The second-order valence-corrected chi connectivity index (χ2v) is 5.97. The fourth-order valence-corrected chi connectivity index (χ4v) is 2.98. The number of unbranched alkanes of at least 4 members (excludes halogenated alkanes) is 2. The Morgan fingerprint density at radius 3 is 2.89 bits per heavy atom. The van der Waals surface area contributed by atoms with E-state index in [1.54, 1.807) is 11.3 Å². The zero-order valence-corrected chi connectivity index (χ0v) is 12.1. The summed E-state index contributed by atoms with van der Waals surface area (Å²) in [4.78, 5) is 4.64. The SMILES string of the molecule is CCCCCC(C)NCc1nc2ccccc2s1. The standard InChI is InChI=1S/C15H22N2S/c1-3-4-5-8-12(2)16-11-15-17-13-9-6-7-10-14(13)18-15/h6-7,9-10,12,16H,3-5,8,11H2,1-2H3. The molecule has 1 heterocycles. The Morgan fingerprint density at radius 2 is 2.11 bits per heavy atom. The smallest absolute Gasteiger partial charge is 0.108 e. The molecule has 2 rings (SSSR count). The maximum atomic E-state index is 4.64. The molecule has 1 aromatic heterocycles. The van der Waals surface area contributed by atoms with E-state index in [9.17, 15) is 0 Å². The highest BCUT2D eigenvalue weighted by Crippen LogP contribution is 2.21. The summed E-state index contributed by atoms with van der Waals surface area (Å²) in [7, 11) is 0. The number of aromatic nitrogens is 1. The Morgan fingerprint density at radius 1 is 1.28 bits per heavy atom. The van der Waals surface area contributed by atoms with Gasteiger partial charge in [0.15, 0.2) is 0 Å². The molecule has 2 aromatic rings. The Kier molecular flexibility index (Phi) is 5.14. The average molecular weight is 262 g/mol. The van der Waals surface area contributed by atoms with Crippen LogP contribution in [0.5, 0.6) is 0 Å². The summed E-state index contributed by atoms with van der Waals surface area (Å²) >= 11 is 1.79. The van der Waals surface area contributed by atoms with Gasteiger partial charge in [0.25, 0.3) is 0 Å². The zero-order chi connectivity index (χ0) is 12.8. The van der Waals surface area contributed by atoms with Crippen LogP contribution in [0.1, 0.15) is 44.5 Å². The van der Waals surface area contributed by atoms with Gasteiger partial charge in [-0.2, -0.15) is 0 Å². The molecule has 0 spiro atoms. The predicted octanol–water partition coefficient (Wildman–Crippen LogP) is 4.35. The lowest BCUT2D eigenvalue weighted by atomic mass is 10.1. The molecule has 0 radical (unpaired) electrons. The minimum atomic E-state index is 0.587. The van der Waals surface area contributed by atoms with E-state index in [0.29, 0.717) is 6.04 Å². The molecular formula is C15H22N2S. The van der Waals surface area contributed by atoms with Gasteiger partial charge >= 0.3 is 0 Å². The summed E-state index contributed by atoms with van der Waals surface area (Å²) in [6, 6.07) is 8.93. The third-order valence-electron chi connectivity index (χ3n) is 3.18. The molecule has 3 heteroatoms. The molecule has 0 aliphatic heterocycles. The van der Waals surface area contributed by atoms with Gasteiger partial charge in [-0.05, 0) is 25.5 Å². The van der Waals surface area contributed by atoms with Gasteiger partial charge in [-0.15, -0.1) is 11.3 Å². The number of rotatable bonds is 7. The normalized spacial score (nSPS) is 13.0. The van der Waals surface area contributed by atoms with E-state index in [1.807, 2.05) is 6.07 Å². The van der Waals surface area contributed by atoms with Crippen LogP contribution in [0.15, 0.2) is 24.3 Å². The first-order valence-electron chi connectivity index (χ1n) is 6.87. The van der Waals surface area contributed by atoms with Gasteiger partial charge < -0.3 is 5.32 Å². The van der Waals surface area contributed by atoms with Crippen molar-refractivity contribution in [3.8, 4) is 0 Å². The van der Waals surface area contributed by atoms with Gasteiger partial charge in [0.2, 0.25) is 0 Å². The number of nitrogens with one attached hydrogen (secondary N) is 1. The van der Waals surface area contributed by atoms with Gasteiger partial charge in [-0.1, -0.05) is 38.3 Å². The van der Waals surface area contributed by atoms with Crippen molar-refractivity contribution in [2.45, 2.75) is 52.1 Å². The van der Waals surface area contributed by atoms with E-state index in [2.05, 4.69) is 42.3 Å². The molecule has 0 aliphatic rings. The molecule has 0 amide bonds. The van der Waals surface area contributed by atoms with Gasteiger partial charge in [0.05, 0.1) is 10.2 Å². The Hall–Kier alpha value is -0.930. The third-order valence-corrected chi connectivity index (χ3v) is 4.22. The van der Waals surface area contributed by atoms with Gasteiger partial charge in [-0.25, -0.2) is 4.98 Å². The van der Waals surface area contributed by atoms with Crippen LogP contribution in [-0.4, -0.2) is 11.0 Å². The summed E-state index contributed by atoms with van der Waals surface area (Å²) < 4.78 is 1.29. The fourth-order valence-electron chi connectivity index (χ4n) is 2.06. The first-order chi connectivity index (χ1) is 8.79. The Bertz CT molecular complexity index is 445. The highest BCUT2D eigenvalue weighted by atomic mass is 32.1. The van der Waals surface area contributed by atoms with E-state index in [0.717, 1.165) is 12.1 Å². The molecule has 1 aromatic carbocycles. The van der Waals surface area contributed by atoms with Crippen LogP contribution in [0.25, 0.3) is 10.2 Å². The molecule has 1 unspecified atom stereocenters. The maximum Gasteiger partial charge on any atom is 0.108 e. The molecule has 0 saturated heterocycles. The average Bonchev–Trinajstić information content (AvgIpc) is 2.79. The van der Waals surface area contributed by atoms with E-state index in [1.165, 1.54) is 35.4 Å². The molecule has 0 fully saturated rings. The summed E-state index contributed by atoms with van der Waals surface area (Å²) in [5, 5.41) is 4.76. The summed E-state index contributed by atoms with van der Waals surface area (Å²) in [5.74, 6) is 0. The van der Waals surface area contributed by atoms with Crippen molar-refractivity contribution in [1.82, 2.24) is 10.3 Å². The van der Waals surface area contributed by atoms with Crippen molar-refractivity contribution in [2.75, 3.05) is 0 Å². The van der Waals surface area contributed by atoms with E-state index >= 15 is 0 Å². The number of para-hydroxylation sites is 1. The molecule has 0 saturated carbocycles. The number of benzene rings is 1. The third kappa shape index (κ3) is 3.79. The number of hydrogen-bond acceptors (Lipinski definition) is 3. The largest absolute Gasteiger partial charge is 0.308 e. The second-order valence-electron chi connectivity index (χ2n) is 4.85. The Balaban J connectivity index is 1.82. The maximum absolute atomic E-state index is 4.64. The van der Waals surface area contributed by atoms with Crippen molar-refractivity contribution < 1.29 is 0 Å². The van der Waals surface area contributed by atoms with Gasteiger partial charge in [0.1, 0.15) is 5.01 Å². The Labute approximate surface area is 113 Å². The molecule has 98 valence electrons. The molecule has 0 bridgehead atoms. The van der Waals surface area contributed by atoms with Crippen molar-refractivity contribution in [3.05, 3.63) is 29.3 Å². The van der Waals surface area contributed by atoms with Crippen molar-refractivity contribution in [1.29, 1.82) is 0 Å². The van der Waals surface area contributed by atoms with Crippen LogP contribution in [0.4, 0.5) is 0 Å². The lowest BCUT2D eigenvalue weighted by molar-refractivity contribution is 0.487. The van der Waals surface area contributed by atoms with Crippen LogP contribution in [0, 0.1) is 0 Å². The topological polar surface area (TPSA) is 24.9 Å². The molecule has 1 atom stereocenters. The molecule has 1 N–H and O–H groups in total. The minimum Gasteiger partial charge on any atom is -0.308 e. The van der Waals surface area contributed by atoms with E-state index in [4.69, 9.17) is 0 Å². The number of thiazole rings is 1. The van der Waals surface area contributed by atoms with E-state index in [-0.39, 0.29) is 0 Å². The number of hydrogen-bond donors (Lipinski definition) is 1. The first kappa shape index (κ1) is 13.5. The monoisotopic (exact) mass is 262 g/mol. The predicted molar refractivity (Wildman–Crippen MR) is 80.1 cm³/mol. The van der Waals surface area contributed by atoms with Crippen LogP contribution in [-0.2, 0) is 6.54 Å². The summed E-state index contributed by atoms with van der Waals surface area (Å²) in [6.45, 7) is 5.41. The molecule has 18 heavy (non-hydrogen) atoms. The van der Waals surface area contributed by atoms with Crippen LogP contribution >= 0.6 is 11.3 Å². The first-order valence-corrected chi connectivity index (χ1v) is 7.69. The quantitative estimate of drug-likeness (QED) is 0.750. The van der Waals surface area contributed by atoms with Gasteiger partial charge in [0, 0.05) is 12.6 Å².